The first-order valence-corrected chi connectivity index (χ1v) is 13.0. The van der Waals surface area contributed by atoms with Crippen LogP contribution >= 0.6 is 0 Å². The summed E-state index contributed by atoms with van der Waals surface area (Å²) in [5, 5.41) is 0. The van der Waals surface area contributed by atoms with Crippen molar-refractivity contribution in [2.45, 2.75) is 65.8 Å². The lowest BCUT2D eigenvalue weighted by Gasteiger charge is -2.40. The molecular weight excluding hydrogens is 424 g/mol. The molecule has 1 aliphatic heterocycles. The van der Waals surface area contributed by atoms with Gasteiger partial charge in [0.2, 0.25) is 0 Å². The molecular formula is C27H33F2NOS. The largest absolute Gasteiger partial charge is 0.283 e. The third kappa shape index (κ3) is 3.93. The molecule has 0 aromatic heterocycles. The Balaban J connectivity index is 2.00. The van der Waals surface area contributed by atoms with Crippen LogP contribution in [0.5, 0.6) is 0 Å². The second-order valence-corrected chi connectivity index (χ2v) is 11.1. The number of allylic oxidation sites excluding steroid dienone is 2. The molecule has 32 heavy (non-hydrogen) atoms. The molecule has 2 unspecified atom stereocenters. The first-order chi connectivity index (χ1) is 15.2. The van der Waals surface area contributed by atoms with E-state index < -0.39 is 23.7 Å². The molecule has 0 amide bonds. The van der Waals surface area contributed by atoms with E-state index in [2.05, 4.69) is 39.8 Å². The molecule has 0 saturated heterocycles. The first kappa shape index (κ1) is 23.2. The predicted molar refractivity (Wildman–Crippen MR) is 131 cm³/mol. The maximum Gasteiger partial charge on any atom is 0.123 e. The summed E-state index contributed by atoms with van der Waals surface area (Å²) in [6, 6.07) is 6.53. The fourth-order valence-electron chi connectivity index (χ4n) is 5.42. The number of rotatable bonds is 5. The molecule has 0 saturated carbocycles. The topological polar surface area (TPSA) is 20.3 Å². The second kappa shape index (κ2) is 8.74. The van der Waals surface area contributed by atoms with Gasteiger partial charge in [-0.2, -0.15) is 0 Å². The van der Waals surface area contributed by atoms with Crippen molar-refractivity contribution in [3.8, 4) is 11.1 Å². The Labute approximate surface area is 193 Å². The molecule has 172 valence electrons. The highest BCUT2D eigenvalue weighted by molar-refractivity contribution is 7.85. The summed E-state index contributed by atoms with van der Waals surface area (Å²) in [4.78, 5) is 0. The number of nitrogens with zero attached hydrogens (tertiary/aromatic N) is 1. The van der Waals surface area contributed by atoms with Crippen LogP contribution in [0, 0.1) is 18.2 Å². The number of halogens is 2. The van der Waals surface area contributed by atoms with E-state index in [0.717, 1.165) is 53.6 Å². The average molecular weight is 458 g/mol. The molecule has 1 heterocycles. The van der Waals surface area contributed by atoms with Gasteiger partial charge in [-0.05, 0) is 89.6 Å². The highest BCUT2D eigenvalue weighted by Crippen LogP contribution is 2.51. The Kier molecular flexibility index (Phi) is 6.32. The summed E-state index contributed by atoms with van der Waals surface area (Å²) in [6.45, 7) is 8.32. The van der Waals surface area contributed by atoms with Gasteiger partial charge in [-0.1, -0.05) is 32.9 Å². The summed E-state index contributed by atoms with van der Waals surface area (Å²) in [7, 11) is -1.37. The van der Waals surface area contributed by atoms with Crippen molar-refractivity contribution in [2.75, 3.05) is 17.2 Å². The van der Waals surface area contributed by atoms with E-state index in [0.29, 0.717) is 5.41 Å². The third-order valence-electron chi connectivity index (χ3n) is 7.17. The normalized spacial score (nSPS) is 20.4. The fraction of sp³-hybridized carbons (Fsp3) is 0.481. The number of benzene rings is 2. The smallest absolute Gasteiger partial charge is 0.123 e. The molecule has 0 radical (unpaired) electrons. The Hall–Kier alpha value is -2.01. The Bertz CT molecular complexity index is 1110. The van der Waals surface area contributed by atoms with Gasteiger partial charge in [-0.3, -0.25) is 8.70 Å². The van der Waals surface area contributed by atoms with Crippen LogP contribution in [-0.2, 0) is 17.4 Å². The lowest BCUT2D eigenvalue weighted by molar-refractivity contribution is 0.335. The maximum atomic E-state index is 14.3. The van der Waals surface area contributed by atoms with E-state index in [9.17, 15) is 13.0 Å². The molecule has 4 rings (SSSR count). The molecule has 2 atom stereocenters. The van der Waals surface area contributed by atoms with Crippen molar-refractivity contribution < 1.29 is 13.0 Å². The van der Waals surface area contributed by atoms with Crippen LogP contribution in [-0.4, -0.2) is 17.1 Å². The van der Waals surface area contributed by atoms with Crippen LogP contribution in [0.25, 0.3) is 16.7 Å². The summed E-state index contributed by atoms with van der Waals surface area (Å²) in [5.41, 5.74) is 8.81. The van der Waals surface area contributed by atoms with Crippen LogP contribution in [0.15, 0.2) is 30.3 Å². The Morgan fingerprint density at radius 2 is 1.94 bits per heavy atom. The number of fused-ring (bicyclic) bond motifs is 3. The van der Waals surface area contributed by atoms with Gasteiger partial charge < -0.3 is 0 Å². The average Bonchev–Trinajstić information content (AvgIpc) is 2.74. The molecule has 2 nitrogen and oxygen atoms in total. The van der Waals surface area contributed by atoms with Crippen molar-refractivity contribution in [1.29, 1.82) is 0 Å². The summed E-state index contributed by atoms with van der Waals surface area (Å²) in [6.07, 6.45) is 8.27. The zero-order chi connectivity index (χ0) is 23.2. The molecule has 2 aromatic rings. The van der Waals surface area contributed by atoms with E-state index in [1.54, 1.807) is 12.3 Å². The quantitative estimate of drug-likeness (QED) is 0.456. The van der Waals surface area contributed by atoms with Crippen LogP contribution < -0.4 is 4.31 Å². The minimum atomic E-state index is -1.37. The van der Waals surface area contributed by atoms with Gasteiger partial charge in [-0.25, -0.2) is 8.60 Å². The van der Waals surface area contributed by atoms with Gasteiger partial charge >= 0.3 is 0 Å². The zero-order valence-corrected chi connectivity index (χ0v) is 20.5. The number of hydrogen-bond donors (Lipinski definition) is 0. The van der Waals surface area contributed by atoms with Gasteiger partial charge in [0.15, 0.2) is 0 Å². The van der Waals surface area contributed by atoms with Crippen molar-refractivity contribution >= 4 is 22.2 Å². The van der Waals surface area contributed by atoms with Gasteiger partial charge in [0.25, 0.3) is 0 Å². The zero-order valence-electron chi connectivity index (χ0n) is 19.7. The molecule has 2 aliphatic rings. The Morgan fingerprint density at radius 1 is 1.19 bits per heavy atom. The number of anilines is 1. The number of hydrogen-bond acceptors (Lipinski definition) is 1. The predicted octanol–water partition coefficient (Wildman–Crippen LogP) is 7.47. The molecule has 0 bridgehead atoms. The van der Waals surface area contributed by atoms with Crippen LogP contribution in [0.4, 0.5) is 14.5 Å². The third-order valence-corrected chi connectivity index (χ3v) is 8.17. The van der Waals surface area contributed by atoms with Crippen LogP contribution in [0.3, 0.4) is 0 Å². The lowest BCUT2D eigenvalue weighted by atomic mass is 9.75. The van der Waals surface area contributed by atoms with Gasteiger partial charge in [0.1, 0.15) is 16.8 Å². The molecule has 1 aliphatic carbocycles. The molecule has 0 N–H and O–H groups in total. The summed E-state index contributed by atoms with van der Waals surface area (Å²) in [5.74, 6) is -0.350. The van der Waals surface area contributed by atoms with Gasteiger partial charge in [0, 0.05) is 18.2 Å². The Morgan fingerprint density at radius 3 is 2.53 bits per heavy atom. The van der Waals surface area contributed by atoms with Crippen molar-refractivity contribution in [2.24, 2.45) is 5.41 Å². The van der Waals surface area contributed by atoms with Crippen LogP contribution in [0.2, 0.25) is 0 Å². The van der Waals surface area contributed by atoms with Crippen molar-refractivity contribution in [3.63, 3.8) is 0 Å². The van der Waals surface area contributed by atoms with Gasteiger partial charge in [0.05, 0.1) is 18.4 Å². The van der Waals surface area contributed by atoms with Crippen molar-refractivity contribution in [3.05, 3.63) is 58.4 Å². The SMILES string of the molecule is CCc1c(C2=CCC(C)(C)CC2)cc2c(c1C)N(S(C)=O)C(CCF)c1cc(F)ccc1-2. The monoisotopic (exact) mass is 457 g/mol. The van der Waals surface area contributed by atoms with Crippen molar-refractivity contribution in [1.82, 2.24) is 0 Å². The standard InChI is InChI=1S/C27H33F2NOS/c1-6-20-17(2)26-24(16-22(20)18-9-12-27(3,4)13-10-18)21-8-7-19(29)15-23(21)25(11-14-28)30(26)32(5)31/h7-9,15-16,25H,6,10-14H2,1-5H3. The minimum absolute atomic E-state index is 0.179. The molecule has 0 spiro atoms. The molecule has 2 aromatic carbocycles. The van der Waals surface area contributed by atoms with E-state index in [-0.39, 0.29) is 12.2 Å². The van der Waals surface area contributed by atoms with E-state index in [1.807, 2.05) is 4.31 Å². The lowest BCUT2D eigenvalue weighted by Crippen LogP contribution is -2.35. The summed E-state index contributed by atoms with van der Waals surface area (Å²) >= 11 is 0. The maximum absolute atomic E-state index is 14.3. The first-order valence-electron chi connectivity index (χ1n) is 11.5. The molecule has 5 heteroatoms. The number of alkyl halides is 1. The molecule has 0 fully saturated rings. The highest BCUT2D eigenvalue weighted by atomic mass is 32.2. The van der Waals surface area contributed by atoms with E-state index in [1.165, 1.54) is 28.8 Å². The van der Waals surface area contributed by atoms with E-state index in [4.69, 9.17) is 0 Å². The second-order valence-electron chi connectivity index (χ2n) is 9.85. The highest BCUT2D eigenvalue weighted by Gasteiger charge is 2.36. The minimum Gasteiger partial charge on any atom is -0.283 e. The van der Waals surface area contributed by atoms with Crippen LogP contribution in [0.1, 0.15) is 74.8 Å². The van der Waals surface area contributed by atoms with E-state index >= 15 is 0 Å². The summed E-state index contributed by atoms with van der Waals surface area (Å²) < 4.78 is 42.6. The van der Waals surface area contributed by atoms with Gasteiger partial charge in [-0.15, -0.1) is 0 Å². The fourth-order valence-corrected chi connectivity index (χ4v) is 6.49.